The van der Waals surface area contributed by atoms with E-state index < -0.39 is 6.16 Å². The first-order valence-corrected chi connectivity index (χ1v) is 7.14. The number of anilines is 1. The quantitative estimate of drug-likeness (QED) is 0.714. The maximum Gasteiger partial charge on any atom is 0.508 e. The first-order valence-electron chi connectivity index (χ1n) is 7.14. The van der Waals surface area contributed by atoms with Gasteiger partial charge in [0.25, 0.3) is 0 Å². The summed E-state index contributed by atoms with van der Waals surface area (Å²) in [6.07, 6.45) is -0.584. The summed E-state index contributed by atoms with van der Waals surface area (Å²) < 4.78 is 10.0. The predicted molar refractivity (Wildman–Crippen MR) is 81.2 cm³/mol. The summed E-state index contributed by atoms with van der Waals surface area (Å²) in [5.41, 5.74) is 2.37. The summed E-state index contributed by atoms with van der Waals surface area (Å²) >= 11 is 0. The number of carbonyl (C=O) groups excluding carboxylic acids is 1. The molecule has 0 unspecified atom stereocenters. The normalized spacial score (nSPS) is 10.4. The Kier molecular flexibility index (Phi) is 6.91. The summed E-state index contributed by atoms with van der Waals surface area (Å²) in [6, 6.07) is 8.29. The lowest BCUT2D eigenvalue weighted by molar-refractivity contribution is 0.0493. The number of nitrogens with zero attached hydrogens (tertiary/aromatic N) is 1. The molecule has 0 aliphatic heterocycles. The second kappa shape index (κ2) is 8.46. The van der Waals surface area contributed by atoms with Gasteiger partial charge in [-0.2, -0.15) is 0 Å². The van der Waals surface area contributed by atoms with Crippen LogP contribution in [0.2, 0.25) is 0 Å². The highest BCUT2D eigenvalue weighted by molar-refractivity contribution is 5.59. The van der Waals surface area contributed by atoms with E-state index in [9.17, 15) is 4.79 Å². The van der Waals surface area contributed by atoms with Crippen molar-refractivity contribution < 1.29 is 14.3 Å². The fraction of sp³-hybridized carbons (Fsp3) is 0.562. The van der Waals surface area contributed by atoms with Crippen LogP contribution < -0.4 is 4.90 Å². The average molecular weight is 279 g/mol. The lowest BCUT2D eigenvalue weighted by Crippen LogP contribution is -2.28. The van der Waals surface area contributed by atoms with Crippen molar-refractivity contribution in [3.05, 3.63) is 29.8 Å². The van der Waals surface area contributed by atoms with Gasteiger partial charge in [-0.25, -0.2) is 4.79 Å². The molecule has 0 saturated carbocycles. The highest BCUT2D eigenvalue weighted by atomic mass is 16.7. The third-order valence-corrected chi connectivity index (χ3v) is 2.86. The molecule has 0 spiro atoms. The van der Waals surface area contributed by atoms with E-state index in [2.05, 4.69) is 36.9 Å². The van der Waals surface area contributed by atoms with Gasteiger partial charge in [-0.05, 0) is 37.5 Å². The monoisotopic (exact) mass is 279 g/mol. The first-order chi connectivity index (χ1) is 9.52. The molecule has 1 aromatic carbocycles. The Morgan fingerprint density at radius 1 is 1.30 bits per heavy atom. The van der Waals surface area contributed by atoms with Crippen molar-refractivity contribution in [2.24, 2.45) is 5.92 Å². The number of ether oxygens (including phenoxy) is 2. The Morgan fingerprint density at radius 2 is 2.05 bits per heavy atom. The van der Waals surface area contributed by atoms with Crippen molar-refractivity contribution >= 4 is 11.8 Å². The van der Waals surface area contributed by atoms with Crippen LogP contribution in [0.5, 0.6) is 0 Å². The van der Waals surface area contributed by atoms with Gasteiger partial charge in [0.2, 0.25) is 0 Å². The molecule has 0 aliphatic rings. The fourth-order valence-corrected chi connectivity index (χ4v) is 1.81. The third kappa shape index (κ3) is 5.95. The zero-order chi connectivity index (χ0) is 15.0. The summed E-state index contributed by atoms with van der Waals surface area (Å²) in [5.74, 6) is 0.321. The highest BCUT2D eigenvalue weighted by Crippen LogP contribution is 2.15. The van der Waals surface area contributed by atoms with Crippen LogP contribution in [0.3, 0.4) is 0 Å². The Hall–Kier alpha value is -1.71. The zero-order valence-electron chi connectivity index (χ0n) is 12.9. The van der Waals surface area contributed by atoms with Crippen molar-refractivity contribution in [1.82, 2.24) is 0 Å². The SMILES string of the molecule is CCN(CCOC(=O)OCC(C)C)c1cccc(C)c1. The van der Waals surface area contributed by atoms with Crippen LogP contribution in [0.15, 0.2) is 24.3 Å². The van der Waals surface area contributed by atoms with Gasteiger partial charge in [0, 0.05) is 12.2 Å². The largest absolute Gasteiger partial charge is 0.508 e. The van der Waals surface area contributed by atoms with E-state index in [0.29, 0.717) is 25.7 Å². The molecule has 0 aromatic heterocycles. The summed E-state index contributed by atoms with van der Waals surface area (Å²) in [6.45, 7) is 10.4. The van der Waals surface area contributed by atoms with Gasteiger partial charge < -0.3 is 14.4 Å². The van der Waals surface area contributed by atoms with Crippen LogP contribution >= 0.6 is 0 Å². The second-order valence-corrected chi connectivity index (χ2v) is 5.22. The van der Waals surface area contributed by atoms with Crippen molar-refractivity contribution in [3.63, 3.8) is 0 Å². The molecule has 20 heavy (non-hydrogen) atoms. The molecular formula is C16H25NO3. The second-order valence-electron chi connectivity index (χ2n) is 5.22. The predicted octanol–water partition coefficient (Wildman–Crippen LogP) is 3.63. The topological polar surface area (TPSA) is 38.8 Å². The molecule has 0 fully saturated rings. The van der Waals surface area contributed by atoms with Crippen molar-refractivity contribution in [1.29, 1.82) is 0 Å². The molecule has 4 heteroatoms. The Bertz CT molecular complexity index is 418. The molecule has 0 heterocycles. The summed E-state index contributed by atoms with van der Waals surface area (Å²) in [7, 11) is 0. The molecule has 0 N–H and O–H groups in total. The van der Waals surface area contributed by atoms with Gasteiger partial charge in [-0.1, -0.05) is 26.0 Å². The number of aryl methyl sites for hydroxylation is 1. The van der Waals surface area contributed by atoms with Gasteiger partial charge in [-0.3, -0.25) is 0 Å². The number of likely N-dealkylation sites (N-methyl/N-ethyl adjacent to an activating group) is 1. The lowest BCUT2D eigenvalue weighted by Gasteiger charge is -2.23. The molecule has 0 atom stereocenters. The Labute approximate surface area is 121 Å². The molecule has 0 bridgehead atoms. The molecule has 1 rings (SSSR count). The highest BCUT2D eigenvalue weighted by Gasteiger charge is 2.08. The third-order valence-electron chi connectivity index (χ3n) is 2.86. The minimum absolute atomic E-state index is 0.321. The maximum absolute atomic E-state index is 11.3. The molecule has 0 amide bonds. The molecular weight excluding hydrogens is 254 g/mol. The van der Waals surface area contributed by atoms with Crippen LogP contribution in [0.1, 0.15) is 26.3 Å². The van der Waals surface area contributed by atoms with E-state index in [1.165, 1.54) is 5.56 Å². The Morgan fingerprint density at radius 3 is 2.65 bits per heavy atom. The minimum atomic E-state index is -0.584. The number of carbonyl (C=O) groups is 1. The smallest absolute Gasteiger partial charge is 0.434 e. The van der Waals surface area contributed by atoms with Gasteiger partial charge in [0.05, 0.1) is 13.2 Å². The molecule has 0 aliphatic carbocycles. The molecule has 1 aromatic rings. The Balaban J connectivity index is 2.37. The van der Waals surface area contributed by atoms with Gasteiger partial charge in [0.15, 0.2) is 0 Å². The standard InChI is InChI=1S/C16H25NO3/c1-5-17(15-8-6-7-14(4)11-15)9-10-19-16(18)20-12-13(2)3/h6-8,11,13H,5,9-10,12H2,1-4H3. The molecule has 4 nitrogen and oxygen atoms in total. The van der Waals surface area contributed by atoms with Crippen molar-refractivity contribution in [3.8, 4) is 0 Å². The minimum Gasteiger partial charge on any atom is -0.434 e. The van der Waals surface area contributed by atoms with Crippen LogP contribution in [0, 0.1) is 12.8 Å². The number of hydrogen-bond acceptors (Lipinski definition) is 4. The van der Waals surface area contributed by atoms with E-state index >= 15 is 0 Å². The van der Waals surface area contributed by atoms with Crippen LogP contribution in [0.4, 0.5) is 10.5 Å². The number of benzene rings is 1. The fourth-order valence-electron chi connectivity index (χ4n) is 1.81. The van der Waals surface area contributed by atoms with Crippen LogP contribution in [-0.2, 0) is 9.47 Å². The van der Waals surface area contributed by atoms with Crippen molar-refractivity contribution in [2.75, 3.05) is 31.2 Å². The molecule has 0 radical (unpaired) electrons. The van der Waals surface area contributed by atoms with Crippen molar-refractivity contribution in [2.45, 2.75) is 27.7 Å². The van der Waals surface area contributed by atoms with E-state index in [4.69, 9.17) is 9.47 Å². The van der Waals surface area contributed by atoms with Gasteiger partial charge in [0.1, 0.15) is 6.61 Å². The maximum atomic E-state index is 11.3. The summed E-state index contributed by atoms with van der Waals surface area (Å²) in [4.78, 5) is 13.5. The lowest BCUT2D eigenvalue weighted by atomic mass is 10.2. The number of hydrogen-bond donors (Lipinski definition) is 0. The molecule has 112 valence electrons. The zero-order valence-corrected chi connectivity index (χ0v) is 12.9. The van der Waals surface area contributed by atoms with E-state index in [1.807, 2.05) is 19.9 Å². The average Bonchev–Trinajstić information content (AvgIpc) is 2.41. The van der Waals surface area contributed by atoms with Gasteiger partial charge in [-0.15, -0.1) is 0 Å². The van der Waals surface area contributed by atoms with E-state index in [-0.39, 0.29) is 0 Å². The number of rotatable bonds is 7. The first kappa shape index (κ1) is 16.3. The van der Waals surface area contributed by atoms with E-state index in [0.717, 1.165) is 12.2 Å². The van der Waals surface area contributed by atoms with Crippen LogP contribution in [0.25, 0.3) is 0 Å². The summed E-state index contributed by atoms with van der Waals surface area (Å²) in [5, 5.41) is 0. The van der Waals surface area contributed by atoms with E-state index in [1.54, 1.807) is 0 Å². The van der Waals surface area contributed by atoms with Gasteiger partial charge >= 0.3 is 6.16 Å². The molecule has 0 saturated heterocycles. The van der Waals surface area contributed by atoms with Crippen LogP contribution in [-0.4, -0.2) is 32.5 Å².